The van der Waals surface area contributed by atoms with Crippen LogP contribution in [0.1, 0.15) is 37.8 Å². The number of nitrogens with zero attached hydrogens (tertiary/aromatic N) is 2. The molecular formula is C20H23F3N2O3. The highest BCUT2D eigenvalue weighted by Gasteiger charge is 2.38. The molecule has 0 aromatic heterocycles. The van der Waals surface area contributed by atoms with Crippen molar-refractivity contribution < 1.29 is 27.5 Å². The molecule has 0 radical (unpaired) electrons. The summed E-state index contributed by atoms with van der Waals surface area (Å²) < 4.78 is 45.6. The van der Waals surface area contributed by atoms with Crippen LogP contribution >= 0.6 is 0 Å². The van der Waals surface area contributed by atoms with E-state index in [0.717, 1.165) is 18.4 Å². The summed E-state index contributed by atoms with van der Waals surface area (Å²) in [6.45, 7) is 6.06. The maximum Gasteiger partial charge on any atom is 0.434 e. The van der Waals surface area contributed by atoms with Gasteiger partial charge in [0.05, 0.1) is 6.61 Å². The Morgan fingerprint density at radius 1 is 1.14 bits per heavy atom. The lowest BCUT2D eigenvalue weighted by molar-refractivity contribution is -0.140. The molecule has 1 aliphatic rings. The predicted octanol–water partition coefficient (Wildman–Crippen LogP) is 3.81. The lowest BCUT2D eigenvalue weighted by Crippen LogP contribution is -2.29. The van der Waals surface area contributed by atoms with Crippen LogP contribution in [0.5, 0.6) is 0 Å². The molecule has 2 rings (SSSR count). The van der Waals surface area contributed by atoms with Gasteiger partial charge in [-0.05, 0) is 33.6 Å². The maximum atomic E-state index is 13.6. The molecule has 0 bridgehead atoms. The van der Waals surface area contributed by atoms with Crippen LogP contribution in [0.3, 0.4) is 0 Å². The Morgan fingerprint density at radius 3 is 2.21 bits per heavy atom. The van der Waals surface area contributed by atoms with Crippen LogP contribution in [-0.2, 0) is 14.3 Å². The first-order valence-corrected chi connectivity index (χ1v) is 9.05. The number of alkyl halides is 3. The molecule has 0 saturated carbocycles. The van der Waals surface area contributed by atoms with Crippen LogP contribution in [0.2, 0.25) is 0 Å². The van der Waals surface area contributed by atoms with Crippen molar-refractivity contribution in [3.05, 3.63) is 46.7 Å². The number of aryl methyl sites for hydroxylation is 1. The van der Waals surface area contributed by atoms with Crippen LogP contribution in [0.4, 0.5) is 13.2 Å². The van der Waals surface area contributed by atoms with Crippen LogP contribution in [0, 0.1) is 6.92 Å². The second kappa shape index (κ2) is 9.03. The molecule has 28 heavy (non-hydrogen) atoms. The summed E-state index contributed by atoms with van der Waals surface area (Å²) in [5, 5.41) is 0. The summed E-state index contributed by atoms with van der Waals surface area (Å²) in [7, 11) is 0. The van der Waals surface area contributed by atoms with Gasteiger partial charge < -0.3 is 9.64 Å². The number of halogens is 3. The summed E-state index contributed by atoms with van der Waals surface area (Å²) in [4.78, 5) is 30.1. The third-order valence-electron chi connectivity index (χ3n) is 4.44. The van der Waals surface area contributed by atoms with Crippen molar-refractivity contribution in [3.63, 3.8) is 0 Å². The highest BCUT2D eigenvalue weighted by Crippen LogP contribution is 2.25. The molecule has 0 unspecified atom stereocenters. The number of carbonyl (C=O) groups excluding carboxylic acids is 2. The normalized spacial score (nSPS) is 16.1. The molecule has 152 valence electrons. The molecule has 1 amide bonds. The Morgan fingerprint density at radius 2 is 1.71 bits per heavy atom. The van der Waals surface area contributed by atoms with E-state index >= 15 is 0 Å². The number of benzene rings is 1. The quantitative estimate of drug-likeness (QED) is 0.250. The van der Waals surface area contributed by atoms with E-state index in [4.69, 9.17) is 4.74 Å². The lowest BCUT2D eigenvalue weighted by atomic mass is 10.1. The number of allylic oxidation sites excluding steroid dienone is 1. The van der Waals surface area contributed by atoms with E-state index in [1.807, 2.05) is 0 Å². The smallest absolute Gasteiger partial charge is 0.434 e. The van der Waals surface area contributed by atoms with Gasteiger partial charge in [0, 0.05) is 24.4 Å². The minimum absolute atomic E-state index is 0.00328. The van der Waals surface area contributed by atoms with Crippen molar-refractivity contribution in [2.75, 3.05) is 19.7 Å². The van der Waals surface area contributed by atoms with Gasteiger partial charge >= 0.3 is 12.1 Å². The van der Waals surface area contributed by atoms with Crippen molar-refractivity contribution in [3.8, 4) is 0 Å². The van der Waals surface area contributed by atoms with Gasteiger partial charge in [-0.3, -0.25) is 4.79 Å². The largest absolute Gasteiger partial charge is 0.462 e. The van der Waals surface area contributed by atoms with E-state index in [2.05, 4.69) is 4.99 Å². The van der Waals surface area contributed by atoms with Gasteiger partial charge in [0.25, 0.3) is 5.91 Å². The molecule has 1 aromatic carbocycles. The topological polar surface area (TPSA) is 59.0 Å². The first-order chi connectivity index (χ1) is 13.1. The highest BCUT2D eigenvalue weighted by molar-refractivity contribution is 6.22. The Hall–Kier alpha value is -2.64. The third-order valence-corrected chi connectivity index (χ3v) is 4.44. The first-order valence-electron chi connectivity index (χ1n) is 9.05. The van der Waals surface area contributed by atoms with Crippen LogP contribution in [0.15, 0.2) is 40.5 Å². The first kappa shape index (κ1) is 21.7. The van der Waals surface area contributed by atoms with Gasteiger partial charge in [0.2, 0.25) is 0 Å². The molecule has 0 aliphatic carbocycles. The second-order valence-corrected chi connectivity index (χ2v) is 6.50. The summed E-state index contributed by atoms with van der Waals surface area (Å²) in [5.74, 6) is -2.22. The summed E-state index contributed by atoms with van der Waals surface area (Å²) in [6, 6.07) is 5.49. The molecule has 0 N–H and O–H groups in total. The average Bonchev–Trinajstić information content (AvgIpc) is 3.15. The summed E-state index contributed by atoms with van der Waals surface area (Å²) in [6.07, 6.45) is -3.10. The number of aliphatic imine (C=N–C) groups is 1. The minimum atomic E-state index is -4.85. The van der Waals surface area contributed by atoms with Crippen molar-refractivity contribution >= 4 is 17.6 Å². The minimum Gasteiger partial charge on any atom is -0.462 e. The van der Waals surface area contributed by atoms with Gasteiger partial charge in [-0.2, -0.15) is 13.2 Å². The fraction of sp³-hybridized carbons (Fsp3) is 0.450. The van der Waals surface area contributed by atoms with E-state index in [-0.39, 0.29) is 17.9 Å². The standard InChI is InChI=1S/C20H23F3N2O3/c1-4-28-19(27)16(14(3)25-11-5-6-12-25)18(26)24-17(20(21,22)23)15-9-7-13(2)8-10-15/h7-10H,4-6,11-12H2,1-3H3/b16-14+,24-17?. The lowest BCUT2D eigenvalue weighted by Gasteiger charge is -2.20. The van der Waals surface area contributed by atoms with Crippen molar-refractivity contribution in [2.45, 2.75) is 39.8 Å². The van der Waals surface area contributed by atoms with Crippen molar-refractivity contribution in [2.24, 2.45) is 4.99 Å². The SMILES string of the molecule is CCOC(=O)/C(C(=O)N=C(c1ccc(C)cc1)C(F)(F)F)=C(\C)N1CCCC1. The highest BCUT2D eigenvalue weighted by atomic mass is 19.4. The van der Waals surface area contributed by atoms with E-state index < -0.39 is 29.3 Å². The van der Waals surface area contributed by atoms with Gasteiger partial charge in [-0.25, -0.2) is 9.79 Å². The molecule has 8 heteroatoms. The molecule has 5 nitrogen and oxygen atoms in total. The monoisotopic (exact) mass is 396 g/mol. The number of esters is 1. The van der Waals surface area contributed by atoms with Crippen molar-refractivity contribution in [1.29, 1.82) is 0 Å². The summed E-state index contributed by atoms with van der Waals surface area (Å²) in [5.41, 5.74) is -0.983. The maximum absolute atomic E-state index is 13.6. The fourth-order valence-corrected chi connectivity index (χ4v) is 2.96. The molecule has 0 spiro atoms. The molecule has 0 atom stereocenters. The Labute approximate surface area is 161 Å². The number of likely N-dealkylation sites (tertiary alicyclic amines) is 1. The predicted molar refractivity (Wildman–Crippen MR) is 98.9 cm³/mol. The zero-order valence-corrected chi connectivity index (χ0v) is 16.1. The number of rotatable bonds is 5. The molecule has 1 fully saturated rings. The third kappa shape index (κ3) is 5.21. The Balaban J connectivity index is 2.52. The molecule has 1 aliphatic heterocycles. The van der Waals surface area contributed by atoms with Crippen LogP contribution < -0.4 is 0 Å². The van der Waals surface area contributed by atoms with Gasteiger partial charge in [0.1, 0.15) is 5.57 Å². The zero-order valence-electron chi connectivity index (χ0n) is 16.1. The Kier molecular flexibility index (Phi) is 6.99. The molecule has 1 heterocycles. The number of amides is 1. The van der Waals surface area contributed by atoms with E-state index in [1.165, 1.54) is 31.2 Å². The number of carbonyl (C=O) groups is 2. The average molecular weight is 396 g/mol. The number of hydrogen-bond donors (Lipinski definition) is 0. The van der Waals surface area contributed by atoms with Crippen LogP contribution in [0.25, 0.3) is 0 Å². The van der Waals surface area contributed by atoms with Gasteiger partial charge in [-0.1, -0.05) is 29.8 Å². The van der Waals surface area contributed by atoms with Crippen molar-refractivity contribution in [1.82, 2.24) is 4.90 Å². The molecule has 1 saturated heterocycles. The number of ether oxygens (including phenoxy) is 1. The second-order valence-electron chi connectivity index (χ2n) is 6.50. The fourth-order valence-electron chi connectivity index (χ4n) is 2.96. The Bertz CT molecular complexity index is 790. The summed E-state index contributed by atoms with van der Waals surface area (Å²) >= 11 is 0. The van der Waals surface area contributed by atoms with Gasteiger partial charge in [-0.15, -0.1) is 0 Å². The molecular weight excluding hydrogens is 373 g/mol. The van der Waals surface area contributed by atoms with E-state index in [1.54, 1.807) is 18.7 Å². The zero-order chi connectivity index (χ0) is 20.9. The van der Waals surface area contributed by atoms with E-state index in [9.17, 15) is 22.8 Å². The van der Waals surface area contributed by atoms with Gasteiger partial charge in [0.15, 0.2) is 5.71 Å². The van der Waals surface area contributed by atoms with E-state index in [0.29, 0.717) is 13.1 Å². The molecule has 1 aromatic rings. The number of hydrogen-bond acceptors (Lipinski definition) is 4. The van der Waals surface area contributed by atoms with Crippen LogP contribution in [-0.4, -0.2) is 48.4 Å².